The minimum Gasteiger partial charge on any atom is -0.454 e. The zero-order valence-electron chi connectivity index (χ0n) is 22.2. The monoisotopic (exact) mass is 521 g/mol. The highest BCUT2D eigenvalue weighted by atomic mass is 16.7. The lowest BCUT2D eigenvalue weighted by molar-refractivity contribution is 0.0628. The lowest BCUT2D eigenvalue weighted by Crippen LogP contribution is -2.48. The van der Waals surface area contributed by atoms with E-state index in [4.69, 9.17) is 9.47 Å². The molecule has 3 heterocycles. The molecule has 1 saturated heterocycles. The van der Waals surface area contributed by atoms with Crippen LogP contribution in [0, 0.1) is 17.8 Å². The van der Waals surface area contributed by atoms with Crippen LogP contribution < -0.4 is 14.8 Å². The lowest BCUT2D eigenvalue weighted by atomic mass is 9.68. The normalized spacial score (nSPS) is 28.6. The summed E-state index contributed by atoms with van der Waals surface area (Å²) in [6.45, 7) is 4.42. The lowest BCUT2D eigenvalue weighted by Gasteiger charge is -2.43. The fraction of sp³-hybridized carbons (Fsp3) is 0.424. The number of ether oxygens (including phenoxy) is 2. The van der Waals surface area contributed by atoms with E-state index in [2.05, 4.69) is 64.8 Å². The van der Waals surface area contributed by atoms with Gasteiger partial charge in [0.1, 0.15) is 0 Å². The Hall–Kier alpha value is -3.51. The van der Waals surface area contributed by atoms with Crippen molar-refractivity contribution in [3.8, 4) is 11.5 Å². The number of fused-ring (bicyclic) bond motifs is 8. The second-order valence-corrected chi connectivity index (χ2v) is 12.0. The summed E-state index contributed by atoms with van der Waals surface area (Å²) in [5.41, 5.74) is 6.06. The van der Waals surface area contributed by atoms with Gasteiger partial charge in [-0.1, -0.05) is 36.4 Å². The highest BCUT2D eigenvalue weighted by molar-refractivity contribution is 5.95. The van der Waals surface area contributed by atoms with E-state index in [-0.39, 0.29) is 5.91 Å². The van der Waals surface area contributed by atoms with Gasteiger partial charge in [0, 0.05) is 44.0 Å². The Kier molecular flexibility index (Phi) is 5.58. The van der Waals surface area contributed by atoms with Crippen molar-refractivity contribution in [2.75, 3.05) is 38.3 Å². The molecule has 5 atom stereocenters. The first-order chi connectivity index (χ1) is 19.2. The van der Waals surface area contributed by atoms with Crippen LogP contribution in [0.5, 0.6) is 11.5 Å². The summed E-state index contributed by atoms with van der Waals surface area (Å²) in [5, 5.41) is 3.91. The summed E-state index contributed by atoms with van der Waals surface area (Å²) in [5.74, 6) is 4.52. The minimum absolute atomic E-state index is 0.172. The van der Waals surface area contributed by atoms with Crippen LogP contribution >= 0.6 is 0 Å². The van der Waals surface area contributed by atoms with Gasteiger partial charge in [-0.25, -0.2) is 0 Å². The predicted octanol–water partition coefficient (Wildman–Crippen LogP) is 5.67. The van der Waals surface area contributed by atoms with Crippen molar-refractivity contribution in [3.05, 3.63) is 89.0 Å². The molecule has 0 radical (unpaired) electrons. The van der Waals surface area contributed by atoms with Gasteiger partial charge in [0.15, 0.2) is 11.5 Å². The van der Waals surface area contributed by atoms with Crippen LogP contribution in [0.3, 0.4) is 0 Å². The molecule has 3 aliphatic heterocycles. The molecular formula is C33H35N3O3. The molecule has 6 heteroatoms. The van der Waals surface area contributed by atoms with Gasteiger partial charge in [0.2, 0.25) is 6.79 Å². The van der Waals surface area contributed by atoms with Gasteiger partial charge in [-0.05, 0) is 90.0 Å². The van der Waals surface area contributed by atoms with Crippen LogP contribution in [0.2, 0.25) is 0 Å². The van der Waals surface area contributed by atoms with E-state index >= 15 is 0 Å². The molecule has 5 aliphatic rings. The van der Waals surface area contributed by atoms with Crippen LogP contribution in [0.25, 0.3) is 0 Å². The highest BCUT2D eigenvalue weighted by Gasteiger charge is 2.53. The van der Waals surface area contributed by atoms with E-state index < -0.39 is 0 Å². The summed E-state index contributed by atoms with van der Waals surface area (Å²) < 4.78 is 11.0. The average molecular weight is 522 g/mol. The third-order valence-electron chi connectivity index (χ3n) is 10.00. The molecule has 8 rings (SSSR count). The standard InChI is InChI=1S/C33H35N3O3/c37-33(36-14-12-35(13-15-36)19-21-6-11-28-29(16-21)39-20-38-28)25-9-10-27-26(18-25)30-23-7-8-24(17-23)31(30)32(34-27)22-4-2-1-3-5-22/h1-6,9-11,16,18,23-24,30-32,34H,7-8,12-15,17,19-20H2/t23-,24-,30-,31+,32-/m0/s1. The van der Waals surface area contributed by atoms with Crippen LogP contribution in [0.4, 0.5) is 5.69 Å². The number of benzene rings is 3. The van der Waals surface area contributed by atoms with Crippen molar-refractivity contribution in [1.82, 2.24) is 9.80 Å². The second kappa shape index (κ2) is 9.30. The van der Waals surface area contributed by atoms with E-state index in [1.807, 2.05) is 17.0 Å². The molecule has 3 fully saturated rings. The van der Waals surface area contributed by atoms with Crippen molar-refractivity contribution in [2.45, 2.75) is 37.8 Å². The molecular weight excluding hydrogens is 486 g/mol. The number of piperazine rings is 1. The van der Waals surface area contributed by atoms with E-state index in [9.17, 15) is 4.79 Å². The van der Waals surface area contributed by atoms with Gasteiger partial charge in [-0.3, -0.25) is 9.69 Å². The Morgan fingerprint density at radius 3 is 2.56 bits per heavy atom. The molecule has 2 aliphatic carbocycles. The molecule has 0 aromatic heterocycles. The van der Waals surface area contributed by atoms with E-state index in [0.717, 1.165) is 61.6 Å². The Balaban J connectivity index is 0.983. The summed E-state index contributed by atoms with van der Waals surface area (Å²) in [4.78, 5) is 18.1. The number of nitrogens with one attached hydrogen (secondary N) is 1. The van der Waals surface area contributed by atoms with Gasteiger partial charge >= 0.3 is 0 Å². The zero-order chi connectivity index (χ0) is 25.9. The fourth-order valence-corrected chi connectivity index (χ4v) is 8.20. The summed E-state index contributed by atoms with van der Waals surface area (Å²) in [6.07, 6.45) is 4.01. The number of carbonyl (C=O) groups is 1. The fourth-order valence-electron chi connectivity index (χ4n) is 8.20. The van der Waals surface area contributed by atoms with Gasteiger partial charge in [0.25, 0.3) is 5.91 Å². The van der Waals surface area contributed by atoms with Crippen molar-refractivity contribution in [2.24, 2.45) is 17.8 Å². The van der Waals surface area contributed by atoms with Crippen molar-refractivity contribution >= 4 is 11.6 Å². The first-order valence-corrected chi connectivity index (χ1v) is 14.6. The van der Waals surface area contributed by atoms with Crippen LogP contribution in [0.15, 0.2) is 66.7 Å². The SMILES string of the molecule is O=C(c1ccc2c(c1)[C@@H]1[C@H]3CC[C@@H](C3)[C@H]1[C@H](c1ccccc1)N2)N1CCN(Cc2ccc3c(c2)OCO3)CC1. The number of hydrogen-bond donors (Lipinski definition) is 1. The van der Waals surface area contributed by atoms with Crippen LogP contribution in [0.1, 0.15) is 58.3 Å². The molecule has 0 spiro atoms. The zero-order valence-corrected chi connectivity index (χ0v) is 22.2. The first-order valence-electron chi connectivity index (χ1n) is 14.6. The molecule has 39 heavy (non-hydrogen) atoms. The average Bonchev–Trinajstić information content (AvgIpc) is 3.74. The van der Waals surface area contributed by atoms with Gasteiger partial charge in [0.05, 0.1) is 6.04 Å². The molecule has 200 valence electrons. The molecule has 1 N–H and O–H groups in total. The summed E-state index contributed by atoms with van der Waals surface area (Å²) in [7, 11) is 0. The number of amides is 1. The first kappa shape index (κ1) is 23.4. The third kappa shape index (κ3) is 3.99. The van der Waals surface area contributed by atoms with Crippen molar-refractivity contribution in [3.63, 3.8) is 0 Å². The van der Waals surface area contributed by atoms with Gasteiger partial charge in [-0.2, -0.15) is 0 Å². The minimum atomic E-state index is 0.172. The maximum absolute atomic E-state index is 13.7. The summed E-state index contributed by atoms with van der Waals surface area (Å²) >= 11 is 0. The van der Waals surface area contributed by atoms with Crippen molar-refractivity contribution in [1.29, 1.82) is 0 Å². The third-order valence-corrected chi connectivity index (χ3v) is 10.00. The Morgan fingerprint density at radius 2 is 1.69 bits per heavy atom. The quantitative estimate of drug-likeness (QED) is 0.480. The summed E-state index contributed by atoms with van der Waals surface area (Å²) in [6, 6.07) is 24.0. The van der Waals surface area contributed by atoms with Crippen molar-refractivity contribution < 1.29 is 14.3 Å². The molecule has 1 amide bonds. The number of anilines is 1. The Bertz CT molecular complexity index is 1400. The molecule has 3 aromatic carbocycles. The topological polar surface area (TPSA) is 54.0 Å². The smallest absolute Gasteiger partial charge is 0.253 e. The highest BCUT2D eigenvalue weighted by Crippen LogP contribution is 2.63. The number of carbonyl (C=O) groups excluding carboxylic acids is 1. The maximum Gasteiger partial charge on any atom is 0.253 e. The largest absolute Gasteiger partial charge is 0.454 e. The Labute approximate surface area is 229 Å². The van der Waals surface area contributed by atoms with Crippen LogP contribution in [-0.2, 0) is 6.54 Å². The van der Waals surface area contributed by atoms with Crippen LogP contribution in [-0.4, -0.2) is 48.7 Å². The van der Waals surface area contributed by atoms with Gasteiger partial charge in [-0.15, -0.1) is 0 Å². The number of nitrogens with zero attached hydrogens (tertiary/aromatic N) is 2. The molecule has 2 bridgehead atoms. The molecule has 3 aromatic rings. The van der Waals surface area contributed by atoms with E-state index in [1.54, 1.807) is 0 Å². The molecule has 2 saturated carbocycles. The van der Waals surface area contributed by atoms with E-state index in [0.29, 0.717) is 24.7 Å². The maximum atomic E-state index is 13.7. The number of hydrogen-bond acceptors (Lipinski definition) is 5. The predicted molar refractivity (Wildman–Crippen MR) is 150 cm³/mol. The van der Waals surface area contributed by atoms with Gasteiger partial charge < -0.3 is 19.7 Å². The Morgan fingerprint density at radius 1 is 0.872 bits per heavy atom. The number of rotatable bonds is 4. The molecule has 6 nitrogen and oxygen atoms in total. The second-order valence-electron chi connectivity index (χ2n) is 12.0. The molecule has 0 unspecified atom stereocenters. The van der Waals surface area contributed by atoms with E-state index in [1.165, 1.54) is 41.6 Å².